The van der Waals surface area contributed by atoms with Gasteiger partial charge in [0.25, 0.3) is 5.69 Å². The van der Waals surface area contributed by atoms with E-state index in [1.807, 2.05) is 0 Å². The summed E-state index contributed by atoms with van der Waals surface area (Å²) in [6, 6.07) is 4.35. The quantitative estimate of drug-likeness (QED) is 0.597. The Labute approximate surface area is 84.9 Å². The van der Waals surface area contributed by atoms with E-state index >= 15 is 0 Å². The Morgan fingerprint density at radius 2 is 2.33 bits per heavy atom. The average molecular weight is 207 g/mol. The second kappa shape index (κ2) is 3.32. The van der Waals surface area contributed by atoms with Crippen LogP contribution in [0.4, 0.5) is 5.69 Å². The van der Waals surface area contributed by atoms with Gasteiger partial charge in [0, 0.05) is 12.1 Å². The third-order valence-corrected chi connectivity index (χ3v) is 2.17. The second-order valence-electron chi connectivity index (χ2n) is 3.21. The van der Waals surface area contributed by atoms with Gasteiger partial charge in [-0.15, -0.1) is 0 Å². The molecule has 1 N–H and O–H groups in total. The minimum absolute atomic E-state index is 0.00153. The molecule has 0 saturated heterocycles. The van der Waals surface area contributed by atoms with E-state index in [0.717, 1.165) is 0 Å². The molecule has 78 valence electrons. The number of non-ortho nitro benzene ring substituents is 1. The van der Waals surface area contributed by atoms with Crippen LogP contribution in [0.15, 0.2) is 24.5 Å². The summed E-state index contributed by atoms with van der Waals surface area (Å²) in [5.74, 6) is 0. The summed E-state index contributed by atoms with van der Waals surface area (Å²) in [4.78, 5) is 14.0. The molecule has 0 fully saturated rings. The van der Waals surface area contributed by atoms with Gasteiger partial charge in [0.05, 0.1) is 22.3 Å². The number of aliphatic hydroxyl groups is 1. The summed E-state index contributed by atoms with van der Waals surface area (Å²) in [5.41, 5.74) is 1.18. The Morgan fingerprint density at radius 3 is 2.93 bits per heavy atom. The normalized spacial score (nSPS) is 12.9. The number of rotatable bonds is 2. The lowest BCUT2D eigenvalue weighted by atomic mass is 10.3. The molecule has 0 aliphatic rings. The highest BCUT2D eigenvalue weighted by molar-refractivity contribution is 5.78. The van der Waals surface area contributed by atoms with Crippen LogP contribution < -0.4 is 0 Å². The van der Waals surface area contributed by atoms with Gasteiger partial charge in [-0.05, 0) is 13.0 Å². The first kappa shape index (κ1) is 9.60. The van der Waals surface area contributed by atoms with Crippen molar-refractivity contribution in [2.75, 3.05) is 0 Å². The standard InChI is InChI=1S/C9H9N3O3/c1-6(13)11-5-10-8-4-7(12(14)15)2-3-9(8)11/h2-6,13H,1H3. The first-order chi connectivity index (χ1) is 7.09. The smallest absolute Gasteiger partial charge is 0.271 e. The monoisotopic (exact) mass is 207 g/mol. The van der Waals surface area contributed by atoms with Gasteiger partial charge in [0.1, 0.15) is 6.23 Å². The Kier molecular flexibility index (Phi) is 2.12. The van der Waals surface area contributed by atoms with Crippen molar-refractivity contribution in [1.82, 2.24) is 9.55 Å². The van der Waals surface area contributed by atoms with E-state index in [0.29, 0.717) is 11.0 Å². The molecule has 0 spiro atoms. The molecule has 6 nitrogen and oxygen atoms in total. The van der Waals surface area contributed by atoms with Crippen molar-refractivity contribution in [3.05, 3.63) is 34.6 Å². The number of aliphatic hydroxyl groups excluding tert-OH is 1. The minimum Gasteiger partial charge on any atom is -0.374 e. The highest BCUT2D eigenvalue weighted by Crippen LogP contribution is 2.21. The number of nitrogens with zero attached hydrogens (tertiary/aromatic N) is 3. The zero-order chi connectivity index (χ0) is 11.0. The SMILES string of the molecule is CC(O)n1cnc2cc([N+](=O)[O-])ccc21. The molecule has 1 atom stereocenters. The molecule has 0 amide bonds. The number of aromatic nitrogens is 2. The van der Waals surface area contributed by atoms with Crippen molar-refractivity contribution in [1.29, 1.82) is 0 Å². The molecule has 15 heavy (non-hydrogen) atoms. The topological polar surface area (TPSA) is 81.2 Å². The third-order valence-electron chi connectivity index (χ3n) is 2.17. The molecule has 1 aromatic carbocycles. The molecular formula is C9H9N3O3. The first-order valence-electron chi connectivity index (χ1n) is 4.38. The van der Waals surface area contributed by atoms with E-state index in [1.54, 1.807) is 17.6 Å². The molecule has 0 saturated carbocycles. The number of nitro groups is 1. The summed E-state index contributed by atoms with van der Waals surface area (Å²) < 4.78 is 1.54. The van der Waals surface area contributed by atoms with Crippen LogP contribution in [0.1, 0.15) is 13.2 Å². The Bertz CT molecular complexity index is 518. The zero-order valence-corrected chi connectivity index (χ0v) is 7.99. The van der Waals surface area contributed by atoms with E-state index in [4.69, 9.17) is 0 Å². The fourth-order valence-electron chi connectivity index (χ4n) is 1.43. The fourth-order valence-corrected chi connectivity index (χ4v) is 1.43. The predicted octanol–water partition coefficient (Wildman–Crippen LogP) is 1.46. The lowest BCUT2D eigenvalue weighted by molar-refractivity contribution is -0.384. The maximum atomic E-state index is 10.5. The molecule has 1 unspecified atom stereocenters. The largest absolute Gasteiger partial charge is 0.374 e. The van der Waals surface area contributed by atoms with Gasteiger partial charge in [-0.25, -0.2) is 4.98 Å². The Hall–Kier alpha value is -1.95. The molecule has 0 bridgehead atoms. The minimum atomic E-state index is -0.698. The molecule has 0 aliphatic heterocycles. The fraction of sp³-hybridized carbons (Fsp3) is 0.222. The van der Waals surface area contributed by atoms with E-state index in [-0.39, 0.29) is 5.69 Å². The first-order valence-corrected chi connectivity index (χ1v) is 4.38. The molecule has 1 aromatic heterocycles. The number of fused-ring (bicyclic) bond motifs is 1. The molecule has 0 radical (unpaired) electrons. The highest BCUT2D eigenvalue weighted by Gasteiger charge is 2.11. The second-order valence-corrected chi connectivity index (χ2v) is 3.21. The van der Waals surface area contributed by atoms with Crippen LogP contribution in [0.2, 0.25) is 0 Å². The van der Waals surface area contributed by atoms with Gasteiger partial charge in [0.2, 0.25) is 0 Å². The lowest BCUT2D eigenvalue weighted by Crippen LogP contribution is -2.01. The van der Waals surface area contributed by atoms with Gasteiger partial charge >= 0.3 is 0 Å². The number of hydrogen-bond acceptors (Lipinski definition) is 4. The van der Waals surface area contributed by atoms with Gasteiger partial charge < -0.3 is 9.67 Å². The summed E-state index contributed by atoms with van der Waals surface area (Å²) >= 11 is 0. The van der Waals surface area contributed by atoms with Crippen molar-refractivity contribution in [2.45, 2.75) is 13.2 Å². The molecule has 2 rings (SSSR count). The number of benzene rings is 1. The van der Waals surface area contributed by atoms with Crippen molar-refractivity contribution < 1.29 is 10.0 Å². The van der Waals surface area contributed by atoms with Crippen LogP contribution in [0.5, 0.6) is 0 Å². The predicted molar refractivity (Wildman–Crippen MR) is 53.3 cm³/mol. The number of imidazole rings is 1. The van der Waals surface area contributed by atoms with E-state index in [2.05, 4.69) is 4.98 Å². The molecule has 0 aliphatic carbocycles. The van der Waals surface area contributed by atoms with Crippen molar-refractivity contribution in [3.8, 4) is 0 Å². The molecule has 6 heteroatoms. The van der Waals surface area contributed by atoms with Crippen LogP contribution >= 0.6 is 0 Å². The molecule has 2 aromatic rings. The van der Waals surface area contributed by atoms with E-state index in [1.165, 1.54) is 18.5 Å². The summed E-state index contributed by atoms with van der Waals surface area (Å²) in [6.07, 6.45) is 0.760. The molecule has 1 heterocycles. The van der Waals surface area contributed by atoms with Crippen molar-refractivity contribution in [2.24, 2.45) is 0 Å². The van der Waals surface area contributed by atoms with Crippen LogP contribution in [0.3, 0.4) is 0 Å². The van der Waals surface area contributed by atoms with E-state index < -0.39 is 11.2 Å². The maximum Gasteiger partial charge on any atom is 0.271 e. The van der Waals surface area contributed by atoms with Crippen LogP contribution in [0.25, 0.3) is 11.0 Å². The number of hydrogen-bond donors (Lipinski definition) is 1. The Morgan fingerprint density at radius 1 is 1.60 bits per heavy atom. The van der Waals surface area contributed by atoms with Gasteiger partial charge in [-0.1, -0.05) is 0 Å². The summed E-state index contributed by atoms with van der Waals surface area (Å²) in [5, 5.41) is 19.9. The molecular weight excluding hydrogens is 198 g/mol. The maximum absolute atomic E-state index is 10.5. The third kappa shape index (κ3) is 1.55. The van der Waals surface area contributed by atoms with Gasteiger partial charge in [-0.3, -0.25) is 10.1 Å². The van der Waals surface area contributed by atoms with Crippen LogP contribution in [-0.2, 0) is 0 Å². The number of nitro benzene ring substituents is 1. The highest BCUT2D eigenvalue weighted by atomic mass is 16.6. The Balaban J connectivity index is 2.61. The van der Waals surface area contributed by atoms with Gasteiger partial charge in [-0.2, -0.15) is 0 Å². The van der Waals surface area contributed by atoms with E-state index in [9.17, 15) is 15.2 Å². The van der Waals surface area contributed by atoms with Gasteiger partial charge in [0.15, 0.2) is 0 Å². The van der Waals surface area contributed by atoms with Crippen LogP contribution in [-0.4, -0.2) is 19.6 Å². The van der Waals surface area contributed by atoms with Crippen LogP contribution in [0, 0.1) is 10.1 Å². The van der Waals surface area contributed by atoms with Crippen molar-refractivity contribution >= 4 is 16.7 Å². The average Bonchev–Trinajstić information content (AvgIpc) is 2.59. The van der Waals surface area contributed by atoms with Crippen molar-refractivity contribution in [3.63, 3.8) is 0 Å². The zero-order valence-electron chi connectivity index (χ0n) is 7.99. The summed E-state index contributed by atoms with van der Waals surface area (Å²) in [6.45, 7) is 1.60. The summed E-state index contributed by atoms with van der Waals surface area (Å²) in [7, 11) is 0. The lowest BCUT2D eigenvalue weighted by Gasteiger charge is -2.05.